The summed E-state index contributed by atoms with van der Waals surface area (Å²) in [6.45, 7) is 4.81. The molecule has 0 saturated heterocycles. The van der Waals surface area contributed by atoms with Gasteiger partial charge in [-0.15, -0.1) is 0 Å². The minimum atomic E-state index is -0.387. The Morgan fingerprint density at radius 2 is 1.78 bits per heavy atom. The van der Waals surface area contributed by atoms with Crippen LogP contribution in [0.4, 0.5) is 10.5 Å². The van der Waals surface area contributed by atoms with E-state index in [1.807, 2.05) is 30.3 Å². The van der Waals surface area contributed by atoms with Gasteiger partial charge in [-0.05, 0) is 42.4 Å². The molecule has 1 fully saturated rings. The number of hydrogen-bond donors (Lipinski definition) is 3. The van der Waals surface area contributed by atoms with Gasteiger partial charge in [-0.25, -0.2) is 4.79 Å². The summed E-state index contributed by atoms with van der Waals surface area (Å²) in [7, 11) is 0. The van der Waals surface area contributed by atoms with Crippen molar-refractivity contribution in [1.82, 2.24) is 5.32 Å². The highest BCUT2D eigenvalue weighted by molar-refractivity contribution is 6.33. The molecule has 0 aliphatic heterocycles. The van der Waals surface area contributed by atoms with E-state index in [0.717, 1.165) is 18.4 Å². The summed E-state index contributed by atoms with van der Waals surface area (Å²) in [5.41, 5.74) is 1.42. The normalized spacial score (nSPS) is 24.2. The Kier molecular flexibility index (Phi) is 5.78. The van der Waals surface area contributed by atoms with Crippen molar-refractivity contribution >= 4 is 23.3 Å². The number of aliphatic hydroxyl groups excluding tert-OH is 1. The lowest BCUT2D eigenvalue weighted by atomic mass is 9.60. The quantitative estimate of drug-likeness (QED) is 0.694. The van der Waals surface area contributed by atoms with Crippen LogP contribution in [0.3, 0.4) is 0 Å². The molecule has 0 aromatic heterocycles. The topological polar surface area (TPSA) is 61.4 Å². The first kappa shape index (κ1) is 19.7. The monoisotopic (exact) mass is 386 g/mol. The number of nitrogens with one attached hydrogen (secondary N) is 2. The molecule has 0 heterocycles. The summed E-state index contributed by atoms with van der Waals surface area (Å²) < 4.78 is 0. The molecule has 1 saturated carbocycles. The van der Waals surface area contributed by atoms with Crippen LogP contribution >= 0.6 is 11.6 Å². The fraction of sp³-hybridized carbons (Fsp3) is 0.409. The maximum atomic E-state index is 12.5. The molecule has 0 radical (unpaired) electrons. The van der Waals surface area contributed by atoms with Crippen LogP contribution in [0.1, 0.15) is 38.7 Å². The number of hydrogen-bond acceptors (Lipinski definition) is 2. The van der Waals surface area contributed by atoms with Crippen LogP contribution in [0.25, 0.3) is 0 Å². The standard InChI is InChI=1S/C22H27ClN2O2/c1-21(2)12-17(26)13-22(14-21,16-8-4-3-5-9-16)15-24-20(27)25-19-11-7-6-10-18(19)23/h3-11,17,26H,12-15H2,1-2H3,(H2,24,25,27)/t17-,22?/m0/s1. The lowest BCUT2D eigenvalue weighted by Crippen LogP contribution is -2.50. The van der Waals surface area contributed by atoms with Gasteiger partial charge in [0, 0.05) is 12.0 Å². The van der Waals surface area contributed by atoms with Crippen LogP contribution in [0.5, 0.6) is 0 Å². The van der Waals surface area contributed by atoms with Gasteiger partial charge in [0.25, 0.3) is 0 Å². The van der Waals surface area contributed by atoms with Gasteiger partial charge in [0.2, 0.25) is 0 Å². The highest BCUT2D eigenvalue weighted by atomic mass is 35.5. The molecule has 144 valence electrons. The predicted octanol–water partition coefficient (Wildman–Crippen LogP) is 4.97. The van der Waals surface area contributed by atoms with E-state index in [4.69, 9.17) is 11.6 Å². The van der Waals surface area contributed by atoms with Gasteiger partial charge in [-0.1, -0.05) is 67.9 Å². The summed E-state index contributed by atoms with van der Waals surface area (Å²) in [6.07, 6.45) is 1.91. The summed E-state index contributed by atoms with van der Waals surface area (Å²) in [5.74, 6) is 0. The first-order valence-electron chi connectivity index (χ1n) is 9.33. The smallest absolute Gasteiger partial charge is 0.319 e. The number of urea groups is 1. The molecule has 5 heteroatoms. The average Bonchev–Trinajstić information content (AvgIpc) is 2.61. The number of anilines is 1. The van der Waals surface area contributed by atoms with E-state index < -0.39 is 0 Å². The van der Waals surface area contributed by atoms with Crippen LogP contribution in [-0.2, 0) is 5.41 Å². The van der Waals surface area contributed by atoms with Crippen molar-refractivity contribution in [1.29, 1.82) is 0 Å². The molecular weight excluding hydrogens is 360 g/mol. The first-order valence-corrected chi connectivity index (χ1v) is 9.71. The fourth-order valence-corrected chi connectivity index (χ4v) is 4.63. The molecule has 1 aliphatic rings. The van der Waals surface area contributed by atoms with E-state index in [1.165, 1.54) is 0 Å². The van der Waals surface area contributed by atoms with Crippen molar-refractivity contribution in [2.75, 3.05) is 11.9 Å². The highest BCUT2D eigenvalue weighted by Crippen LogP contribution is 2.47. The number of carbonyl (C=O) groups is 1. The Hall–Kier alpha value is -2.04. The van der Waals surface area contributed by atoms with Crippen molar-refractivity contribution in [2.45, 2.75) is 44.6 Å². The van der Waals surface area contributed by atoms with Crippen molar-refractivity contribution in [3.63, 3.8) is 0 Å². The van der Waals surface area contributed by atoms with Crippen molar-refractivity contribution in [2.24, 2.45) is 5.41 Å². The van der Waals surface area contributed by atoms with E-state index in [9.17, 15) is 9.90 Å². The molecule has 27 heavy (non-hydrogen) atoms. The van der Waals surface area contributed by atoms with Gasteiger partial charge < -0.3 is 15.7 Å². The minimum Gasteiger partial charge on any atom is -0.393 e. The third kappa shape index (κ3) is 4.82. The first-order chi connectivity index (χ1) is 12.8. The van der Waals surface area contributed by atoms with Crippen LogP contribution in [0.2, 0.25) is 5.02 Å². The second-order valence-corrected chi connectivity index (χ2v) is 8.74. The lowest BCUT2D eigenvalue weighted by Gasteiger charge is -2.47. The molecule has 1 aliphatic carbocycles. The third-order valence-corrected chi connectivity index (χ3v) is 5.66. The number of benzene rings is 2. The van der Waals surface area contributed by atoms with Crippen LogP contribution in [0.15, 0.2) is 54.6 Å². The fourth-order valence-electron chi connectivity index (χ4n) is 4.45. The maximum Gasteiger partial charge on any atom is 0.319 e. The van der Waals surface area contributed by atoms with Crippen LogP contribution in [-0.4, -0.2) is 23.8 Å². The second-order valence-electron chi connectivity index (χ2n) is 8.34. The van der Waals surface area contributed by atoms with Gasteiger partial charge >= 0.3 is 6.03 Å². The Morgan fingerprint density at radius 3 is 2.44 bits per heavy atom. The maximum absolute atomic E-state index is 12.5. The van der Waals surface area contributed by atoms with Gasteiger partial charge in [0.05, 0.1) is 16.8 Å². The van der Waals surface area contributed by atoms with Gasteiger partial charge in [0.1, 0.15) is 0 Å². The lowest BCUT2D eigenvalue weighted by molar-refractivity contribution is 0.0184. The van der Waals surface area contributed by atoms with E-state index in [0.29, 0.717) is 23.7 Å². The highest BCUT2D eigenvalue weighted by Gasteiger charge is 2.44. The number of halogens is 1. The van der Waals surface area contributed by atoms with Gasteiger partial charge in [0.15, 0.2) is 0 Å². The van der Waals surface area contributed by atoms with E-state index >= 15 is 0 Å². The van der Waals surface area contributed by atoms with E-state index in [-0.39, 0.29) is 23.0 Å². The number of para-hydroxylation sites is 1. The predicted molar refractivity (Wildman–Crippen MR) is 110 cm³/mol. The van der Waals surface area contributed by atoms with Gasteiger partial charge in [-0.2, -0.15) is 0 Å². The van der Waals surface area contributed by atoms with E-state index in [2.05, 4.69) is 36.6 Å². The zero-order chi connectivity index (χ0) is 19.5. The average molecular weight is 387 g/mol. The Bertz CT molecular complexity index is 794. The zero-order valence-electron chi connectivity index (χ0n) is 15.8. The van der Waals surface area contributed by atoms with Crippen molar-refractivity contribution < 1.29 is 9.90 Å². The Balaban J connectivity index is 1.78. The molecule has 0 spiro atoms. The van der Waals surface area contributed by atoms with Crippen molar-refractivity contribution in [3.05, 3.63) is 65.2 Å². The Morgan fingerprint density at radius 1 is 1.11 bits per heavy atom. The van der Waals surface area contributed by atoms with E-state index in [1.54, 1.807) is 12.1 Å². The molecule has 3 rings (SSSR count). The SMILES string of the molecule is CC1(C)C[C@H](O)CC(CNC(=O)Nc2ccccc2Cl)(c2ccccc2)C1. The molecular formula is C22H27ClN2O2. The largest absolute Gasteiger partial charge is 0.393 e. The number of aliphatic hydroxyl groups is 1. The molecule has 1 unspecified atom stereocenters. The molecule has 2 aromatic carbocycles. The molecule has 0 bridgehead atoms. The van der Waals surface area contributed by atoms with Gasteiger partial charge in [-0.3, -0.25) is 0 Å². The Labute approximate surface area is 165 Å². The summed E-state index contributed by atoms with van der Waals surface area (Å²) in [6, 6.07) is 17.0. The molecule has 2 atom stereocenters. The molecule has 4 nitrogen and oxygen atoms in total. The van der Waals surface area contributed by atoms with Crippen molar-refractivity contribution in [3.8, 4) is 0 Å². The summed E-state index contributed by atoms with van der Waals surface area (Å²) >= 11 is 6.12. The number of amides is 2. The molecule has 2 amide bonds. The summed E-state index contributed by atoms with van der Waals surface area (Å²) in [5, 5.41) is 16.8. The zero-order valence-corrected chi connectivity index (χ0v) is 16.6. The molecule has 2 aromatic rings. The summed E-state index contributed by atoms with van der Waals surface area (Å²) in [4.78, 5) is 12.5. The number of rotatable bonds is 4. The van der Waals surface area contributed by atoms with Crippen LogP contribution < -0.4 is 10.6 Å². The van der Waals surface area contributed by atoms with Crippen LogP contribution in [0, 0.1) is 5.41 Å². The third-order valence-electron chi connectivity index (χ3n) is 5.33. The minimum absolute atomic E-state index is 0.00555. The second kappa shape index (κ2) is 7.91. The number of carbonyl (C=O) groups excluding carboxylic acids is 1. The molecule has 3 N–H and O–H groups in total.